The molecule has 0 radical (unpaired) electrons. The lowest BCUT2D eigenvalue weighted by atomic mass is 10.1. The Morgan fingerprint density at radius 2 is 1.87 bits per heavy atom. The van der Waals surface area contributed by atoms with E-state index in [-0.39, 0.29) is 0 Å². The second kappa shape index (κ2) is 7.43. The molecule has 2 rings (SSSR count). The topological polar surface area (TPSA) is 23.5 Å². The maximum Gasteiger partial charge on any atom is 0.0319 e. The number of hydrogen-bond acceptors (Lipinski definition) is 2. The van der Waals surface area contributed by atoms with Crippen LogP contribution in [0.25, 0.3) is 0 Å². The second-order valence-corrected chi connectivity index (χ2v) is 3.83. The highest BCUT2D eigenvalue weighted by Gasteiger charge is 2.12. The minimum atomic E-state index is 1.00. The number of rotatable bonds is 2. The lowest BCUT2D eigenvalue weighted by Gasteiger charge is -2.15. The van der Waals surface area contributed by atoms with Crippen LogP contribution in [0.4, 0.5) is 0 Å². The van der Waals surface area contributed by atoms with Crippen LogP contribution in [0.3, 0.4) is 0 Å². The normalized spacial score (nSPS) is 20.5. The molecule has 2 nitrogen and oxygen atoms in total. The summed E-state index contributed by atoms with van der Waals surface area (Å²) in [5.74, 6) is 0. The Morgan fingerprint density at radius 3 is 2.60 bits per heavy atom. The van der Waals surface area contributed by atoms with Crippen LogP contribution in [0.15, 0.2) is 36.0 Å². The van der Waals surface area contributed by atoms with Gasteiger partial charge in [-0.3, -0.25) is 4.90 Å². The summed E-state index contributed by atoms with van der Waals surface area (Å²) in [5, 5.41) is 7.00. The van der Waals surface area contributed by atoms with E-state index in [1.165, 1.54) is 32.5 Å². The molecule has 84 valence electrons. The smallest absolute Gasteiger partial charge is 0.0319 e. The first-order chi connectivity index (χ1) is 7.45. The van der Waals surface area contributed by atoms with Crippen molar-refractivity contribution in [3.8, 4) is 0 Å². The van der Waals surface area contributed by atoms with Crippen molar-refractivity contribution in [1.82, 2.24) is 4.90 Å². The summed E-state index contributed by atoms with van der Waals surface area (Å²) in [4.78, 5) is 2.55. The van der Waals surface area contributed by atoms with Crippen LogP contribution in [0.2, 0.25) is 0 Å². The Balaban J connectivity index is 0.000000531. The van der Waals surface area contributed by atoms with Gasteiger partial charge in [0.15, 0.2) is 0 Å². The molecule has 0 bridgehead atoms. The Labute approximate surface area is 92.6 Å². The standard InChI is InChI=1S/C12H17N.CH4O/c1-2-4-8-12(7-3-1)11-13-9-5-6-10-13;1-2/h1-4,7H,5-6,8-11H2;2H,1H3. The molecule has 2 heteroatoms. The zero-order valence-electron chi connectivity index (χ0n) is 9.52. The molecule has 1 N–H and O–H groups in total. The van der Waals surface area contributed by atoms with E-state index >= 15 is 0 Å². The summed E-state index contributed by atoms with van der Waals surface area (Å²) >= 11 is 0. The summed E-state index contributed by atoms with van der Waals surface area (Å²) in [6.45, 7) is 3.77. The van der Waals surface area contributed by atoms with Crippen LogP contribution in [0.5, 0.6) is 0 Å². The average molecular weight is 207 g/mol. The molecule has 0 aromatic heterocycles. The highest BCUT2D eigenvalue weighted by Crippen LogP contribution is 2.13. The third-order valence-corrected chi connectivity index (χ3v) is 2.70. The minimum absolute atomic E-state index is 1.00. The fourth-order valence-corrected chi connectivity index (χ4v) is 1.97. The number of aliphatic hydroxyl groups excluding tert-OH is 1. The van der Waals surface area contributed by atoms with Crippen molar-refractivity contribution in [2.75, 3.05) is 26.7 Å². The summed E-state index contributed by atoms with van der Waals surface area (Å²) in [7, 11) is 1.00. The predicted molar refractivity (Wildman–Crippen MR) is 64.8 cm³/mol. The van der Waals surface area contributed by atoms with Gasteiger partial charge in [-0.15, -0.1) is 0 Å². The fraction of sp³-hybridized carbons (Fsp3) is 0.538. The number of hydrogen-bond donors (Lipinski definition) is 1. The van der Waals surface area contributed by atoms with Gasteiger partial charge in [0.25, 0.3) is 0 Å². The number of nitrogens with zero attached hydrogens (tertiary/aromatic N) is 1. The van der Waals surface area contributed by atoms with E-state index in [9.17, 15) is 0 Å². The molecule has 0 aromatic carbocycles. The van der Waals surface area contributed by atoms with Crippen LogP contribution in [-0.4, -0.2) is 36.8 Å². The highest BCUT2D eigenvalue weighted by atomic mass is 16.2. The Bertz CT molecular complexity index is 247. The first-order valence-corrected chi connectivity index (χ1v) is 5.63. The first-order valence-electron chi connectivity index (χ1n) is 5.63. The second-order valence-electron chi connectivity index (χ2n) is 3.83. The number of likely N-dealkylation sites (tertiary alicyclic amines) is 1. The summed E-state index contributed by atoms with van der Waals surface area (Å²) in [6, 6.07) is 0. The Hall–Kier alpha value is -0.860. The number of allylic oxidation sites excluding steroid dienone is 5. The van der Waals surface area contributed by atoms with Gasteiger partial charge in [0.05, 0.1) is 0 Å². The van der Waals surface area contributed by atoms with Crippen molar-refractivity contribution >= 4 is 0 Å². The van der Waals surface area contributed by atoms with Crippen LogP contribution in [0, 0.1) is 0 Å². The Kier molecular flexibility index (Phi) is 6.05. The molecular formula is C13H21NO. The van der Waals surface area contributed by atoms with E-state index in [0.29, 0.717) is 0 Å². The lowest BCUT2D eigenvalue weighted by Crippen LogP contribution is -2.21. The van der Waals surface area contributed by atoms with Crippen molar-refractivity contribution in [2.45, 2.75) is 19.3 Å². The molecule has 1 saturated heterocycles. The van der Waals surface area contributed by atoms with Crippen LogP contribution in [0.1, 0.15) is 19.3 Å². The molecule has 0 unspecified atom stereocenters. The summed E-state index contributed by atoms with van der Waals surface area (Å²) in [6.07, 6.45) is 14.8. The predicted octanol–water partition coefficient (Wildman–Crippen LogP) is 2.13. The van der Waals surface area contributed by atoms with E-state index in [1.807, 2.05) is 0 Å². The first kappa shape index (κ1) is 12.2. The molecule has 1 aliphatic heterocycles. The SMILES string of the molecule is C1=CC=C(CN2CCCC2)CC=C1.CO. The Morgan fingerprint density at radius 1 is 1.13 bits per heavy atom. The van der Waals surface area contributed by atoms with Gasteiger partial charge in [0, 0.05) is 13.7 Å². The van der Waals surface area contributed by atoms with Crippen molar-refractivity contribution in [3.05, 3.63) is 36.0 Å². The van der Waals surface area contributed by atoms with Crippen molar-refractivity contribution in [3.63, 3.8) is 0 Å². The molecule has 0 amide bonds. The fourth-order valence-electron chi connectivity index (χ4n) is 1.97. The van der Waals surface area contributed by atoms with E-state index in [1.54, 1.807) is 5.57 Å². The van der Waals surface area contributed by atoms with Gasteiger partial charge in [-0.2, -0.15) is 0 Å². The quantitative estimate of drug-likeness (QED) is 0.750. The molecular weight excluding hydrogens is 186 g/mol. The molecule has 1 aliphatic carbocycles. The van der Waals surface area contributed by atoms with Gasteiger partial charge in [0.1, 0.15) is 0 Å². The van der Waals surface area contributed by atoms with E-state index in [4.69, 9.17) is 5.11 Å². The molecule has 1 heterocycles. The van der Waals surface area contributed by atoms with Crippen molar-refractivity contribution < 1.29 is 5.11 Å². The van der Waals surface area contributed by atoms with Gasteiger partial charge in [-0.1, -0.05) is 36.0 Å². The molecule has 0 spiro atoms. The lowest BCUT2D eigenvalue weighted by molar-refractivity contribution is 0.366. The highest BCUT2D eigenvalue weighted by molar-refractivity contribution is 5.24. The van der Waals surface area contributed by atoms with Gasteiger partial charge < -0.3 is 5.11 Å². The molecule has 15 heavy (non-hydrogen) atoms. The maximum absolute atomic E-state index is 7.00. The third kappa shape index (κ3) is 4.45. The monoisotopic (exact) mass is 207 g/mol. The largest absolute Gasteiger partial charge is 0.400 e. The van der Waals surface area contributed by atoms with Crippen LogP contribution < -0.4 is 0 Å². The molecule has 0 saturated carbocycles. The maximum atomic E-state index is 7.00. The van der Waals surface area contributed by atoms with Crippen molar-refractivity contribution in [2.24, 2.45) is 0 Å². The zero-order chi connectivity index (χ0) is 10.9. The molecule has 1 fully saturated rings. The summed E-state index contributed by atoms with van der Waals surface area (Å²) < 4.78 is 0. The van der Waals surface area contributed by atoms with Crippen molar-refractivity contribution in [1.29, 1.82) is 0 Å². The average Bonchev–Trinajstić information content (AvgIpc) is 2.65. The third-order valence-electron chi connectivity index (χ3n) is 2.70. The van der Waals surface area contributed by atoms with Crippen LogP contribution >= 0.6 is 0 Å². The van der Waals surface area contributed by atoms with E-state index < -0.39 is 0 Å². The van der Waals surface area contributed by atoms with Gasteiger partial charge in [-0.25, -0.2) is 0 Å². The van der Waals surface area contributed by atoms with Gasteiger partial charge >= 0.3 is 0 Å². The van der Waals surface area contributed by atoms with E-state index in [0.717, 1.165) is 13.5 Å². The van der Waals surface area contributed by atoms with Crippen LogP contribution in [-0.2, 0) is 0 Å². The molecule has 2 aliphatic rings. The van der Waals surface area contributed by atoms with Gasteiger partial charge in [0.2, 0.25) is 0 Å². The number of aliphatic hydroxyl groups is 1. The zero-order valence-corrected chi connectivity index (χ0v) is 9.52. The van der Waals surface area contributed by atoms with Gasteiger partial charge in [-0.05, 0) is 32.4 Å². The molecule has 0 aromatic rings. The van der Waals surface area contributed by atoms with E-state index in [2.05, 4.69) is 35.3 Å². The minimum Gasteiger partial charge on any atom is -0.400 e. The summed E-state index contributed by atoms with van der Waals surface area (Å²) in [5.41, 5.74) is 1.55. The molecule has 0 atom stereocenters.